The van der Waals surface area contributed by atoms with Crippen LogP contribution in [0.4, 0.5) is 0 Å². The molecule has 0 saturated heterocycles. The minimum atomic E-state index is 0.642. The first kappa shape index (κ1) is 16.6. The fraction of sp³-hybridized carbons (Fsp3) is 0. The zero-order chi connectivity index (χ0) is 19.1. The summed E-state index contributed by atoms with van der Waals surface area (Å²) in [6, 6.07) is 29.9. The number of hydrogen-bond acceptors (Lipinski definition) is 2. The van der Waals surface area contributed by atoms with Gasteiger partial charge < -0.3 is 4.42 Å². The van der Waals surface area contributed by atoms with Crippen molar-refractivity contribution in [3.8, 4) is 28.3 Å². The average Bonchev–Trinajstić information content (AvgIpc) is 3.13. The molecule has 0 amide bonds. The Bertz CT molecular complexity index is 1370. The number of para-hydroxylation sites is 2. The van der Waals surface area contributed by atoms with E-state index in [2.05, 4.69) is 24.3 Å². The van der Waals surface area contributed by atoms with Crippen LogP contribution in [0.1, 0.15) is 5.56 Å². The molecule has 0 bridgehead atoms. The summed E-state index contributed by atoms with van der Waals surface area (Å²) >= 11 is 6.20. The number of hydrogen-bond donors (Lipinski definition) is 0. The summed E-state index contributed by atoms with van der Waals surface area (Å²) in [5.74, 6) is 0. The van der Waals surface area contributed by atoms with E-state index >= 15 is 0 Å². The first-order valence-electron chi connectivity index (χ1n) is 8.95. The number of furan rings is 1. The maximum absolute atomic E-state index is 9.05. The molecule has 4 aromatic carbocycles. The molecule has 0 spiro atoms. The smallest absolute Gasteiger partial charge is 0.143 e. The molecule has 0 atom stereocenters. The monoisotopic (exact) mass is 379 g/mol. The van der Waals surface area contributed by atoms with Crippen molar-refractivity contribution in [2.75, 3.05) is 0 Å². The molecule has 1 aromatic heterocycles. The largest absolute Gasteiger partial charge is 0.455 e. The van der Waals surface area contributed by atoms with Gasteiger partial charge >= 0.3 is 0 Å². The number of halogens is 1. The zero-order valence-corrected chi connectivity index (χ0v) is 15.6. The third kappa shape index (κ3) is 2.65. The SMILES string of the molecule is N#Cc1ccc(-c2cccc3c2oc2c(-c4cccc(Cl)c4)cccc23)cc1. The van der Waals surface area contributed by atoms with Crippen molar-refractivity contribution in [1.82, 2.24) is 0 Å². The van der Waals surface area contributed by atoms with Gasteiger partial charge in [-0.1, -0.05) is 72.3 Å². The molecule has 5 aromatic rings. The molecule has 0 aliphatic rings. The first-order valence-corrected chi connectivity index (χ1v) is 9.33. The highest BCUT2D eigenvalue weighted by molar-refractivity contribution is 6.31. The number of nitrogens with zero attached hydrogens (tertiary/aromatic N) is 1. The van der Waals surface area contributed by atoms with Crippen LogP contribution in [0.3, 0.4) is 0 Å². The van der Waals surface area contributed by atoms with Gasteiger partial charge in [-0.3, -0.25) is 0 Å². The molecule has 5 rings (SSSR count). The molecule has 1 heterocycles. The summed E-state index contributed by atoms with van der Waals surface area (Å²) in [7, 11) is 0. The van der Waals surface area contributed by atoms with Crippen molar-refractivity contribution < 1.29 is 4.42 Å². The van der Waals surface area contributed by atoms with Gasteiger partial charge in [0.1, 0.15) is 11.2 Å². The molecule has 0 radical (unpaired) electrons. The topological polar surface area (TPSA) is 36.9 Å². The van der Waals surface area contributed by atoms with Gasteiger partial charge in [0.2, 0.25) is 0 Å². The van der Waals surface area contributed by atoms with Gasteiger partial charge in [0.15, 0.2) is 0 Å². The Balaban J connectivity index is 1.78. The van der Waals surface area contributed by atoms with E-state index in [4.69, 9.17) is 21.3 Å². The molecule has 3 heteroatoms. The molecule has 0 aliphatic carbocycles. The van der Waals surface area contributed by atoms with Crippen LogP contribution in [0.15, 0.2) is 89.3 Å². The molecule has 2 nitrogen and oxygen atoms in total. The van der Waals surface area contributed by atoms with E-state index in [1.54, 1.807) is 0 Å². The number of rotatable bonds is 2. The van der Waals surface area contributed by atoms with Crippen molar-refractivity contribution in [3.05, 3.63) is 95.5 Å². The van der Waals surface area contributed by atoms with Crippen LogP contribution in [0.25, 0.3) is 44.2 Å². The molecular weight excluding hydrogens is 366 g/mol. The van der Waals surface area contributed by atoms with Gasteiger partial charge in [-0.25, -0.2) is 0 Å². The lowest BCUT2D eigenvalue weighted by atomic mass is 10.00. The molecule has 0 saturated carbocycles. The Hall–Kier alpha value is -3.54. The predicted molar refractivity (Wildman–Crippen MR) is 114 cm³/mol. The van der Waals surface area contributed by atoms with Crippen molar-refractivity contribution in [2.45, 2.75) is 0 Å². The summed E-state index contributed by atoms with van der Waals surface area (Å²) in [6.45, 7) is 0. The van der Waals surface area contributed by atoms with Gasteiger partial charge in [0.25, 0.3) is 0 Å². The van der Waals surface area contributed by atoms with Gasteiger partial charge in [0, 0.05) is 26.9 Å². The fourth-order valence-electron chi connectivity index (χ4n) is 3.66. The van der Waals surface area contributed by atoms with E-state index in [0.29, 0.717) is 10.6 Å². The van der Waals surface area contributed by atoms with Gasteiger partial charge in [-0.15, -0.1) is 0 Å². The van der Waals surface area contributed by atoms with Crippen molar-refractivity contribution in [3.63, 3.8) is 0 Å². The van der Waals surface area contributed by atoms with E-state index < -0.39 is 0 Å². The number of nitriles is 1. The second kappa shape index (κ2) is 6.56. The molecule has 132 valence electrons. The Morgan fingerprint density at radius 3 is 1.89 bits per heavy atom. The Morgan fingerprint density at radius 1 is 0.679 bits per heavy atom. The fourth-order valence-corrected chi connectivity index (χ4v) is 3.85. The normalized spacial score (nSPS) is 11.0. The standard InChI is InChI=1S/C25H14ClNO/c26-19-5-1-4-18(14-19)21-7-3-9-23-22-8-2-6-20(24(22)28-25(21)23)17-12-10-16(15-27)11-13-17/h1-14H. The third-order valence-corrected chi connectivity index (χ3v) is 5.22. The minimum Gasteiger partial charge on any atom is -0.455 e. The van der Waals surface area contributed by atoms with Crippen LogP contribution in [-0.4, -0.2) is 0 Å². The second-order valence-electron chi connectivity index (χ2n) is 6.67. The average molecular weight is 380 g/mol. The van der Waals surface area contributed by atoms with E-state index in [9.17, 15) is 0 Å². The van der Waals surface area contributed by atoms with Crippen LogP contribution in [-0.2, 0) is 0 Å². The summed E-state index contributed by atoms with van der Waals surface area (Å²) < 4.78 is 6.41. The molecule has 0 aliphatic heterocycles. The molecule has 0 unspecified atom stereocenters. The van der Waals surface area contributed by atoms with Crippen LogP contribution in [0.2, 0.25) is 5.02 Å². The maximum Gasteiger partial charge on any atom is 0.143 e. The Labute approximate surface area is 167 Å². The van der Waals surface area contributed by atoms with Crippen LogP contribution >= 0.6 is 11.6 Å². The van der Waals surface area contributed by atoms with Gasteiger partial charge in [-0.05, 0) is 35.4 Å². The summed E-state index contributed by atoms with van der Waals surface area (Å²) in [6.07, 6.45) is 0. The first-order chi connectivity index (χ1) is 13.7. The van der Waals surface area contributed by atoms with Crippen molar-refractivity contribution >= 4 is 33.5 Å². The highest BCUT2D eigenvalue weighted by atomic mass is 35.5. The summed E-state index contributed by atoms with van der Waals surface area (Å²) in [5, 5.41) is 11.9. The lowest BCUT2D eigenvalue weighted by Crippen LogP contribution is -1.80. The number of fused-ring (bicyclic) bond motifs is 3. The summed E-state index contributed by atoms with van der Waals surface area (Å²) in [4.78, 5) is 0. The van der Waals surface area contributed by atoms with Gasteiger partial charge in [0.05, 0.1) is 11.6 Å². The quantitative estimate of drug-likeness (QED) is 0.319. The van der Waals surface area contributed by atoms with E-state index in [1.165, 1.54) is 0 Å². The predicted octanol–water partition coefficient (Wildman–Crippen LogP) is 7.45. The maximum atomic E-state index is 9.05. The summed E-state index contributed by atoms with van der Waals surface area (Å²) in [5.41, 5.74) is 6.41. The lowest BCUT2D eigenvalue weighted by molar-refractivity contribution is 0.671. The van der Waals surface area contributed by atoms with Gasteiger partial charge in [-0.2, -0.15) is 5.26 Å². The van der Waals surface area contributed by atoms with E-state index in [0.717, 1.165) is 44.2 Å². The third-order valence-electron chi connectivity index (χ3n) is 4.98. The molecule has 28 heavy (non-hydrogen) atoms. The minimum absolute atomic E-state index is 0.642. The van der Waals surface area contributed by atoms with Crippen molar-refractivity contribution in [2.24, 2.45) is 0 Å². The Kier molecular flexibility index (Phi) is 3.90. The lowest BCUT2D eigenvalue weighted by Gasteiger charge is -2.03. The van der Waals surface area contributed by atoms with E-state index in [-0.39, 0.29) is 0 Å². The molecular formula is C25H14ClNO. The van der Waals surface area contributed by atoms with Crippen LogP contribution in [0, 0.1) is 11.3 Å². The number of benzene rings is 4. The second-order valence-corrected chi connectivity index (χ2v) is 7.10. The highest BCUT2D eigenvalue weighted by Crippen LogP contribution is 2.40. The molecule has 0 fully saturated rings. The van der Waals surface area contributed by atoms with Crippen molar-refractivity contribution in [1.29, 1.82) is 5.26 Å². The highest BCUT2D eigenvalue weighted by Gasteiger charge is 2.15. The zero-order valence-electron chi connectivity index (χ0n) is 14.8. The molecule has 0 N–H and O–H groups in total. The van der Waals surface area contributed by atoms with E-state index in [1.807, 2.05) is 66.7 Å². The Morgan fingerprint density at radius 2 is 1.29 bits per heavy atom. The van der Waals surface area contributed by atoms with Crippen LogP contribution < -0.4 is 0 Å². The van der Waals surface area contributed by atoms with Crippen LogP contribution in [0.5, 0.6) is 0 Å².